The molecular formula is C25H20Cl2N8O2S. The lowest BCUT2D eigenvalue weighted by molar-refractivity contribution is -0.122. The highest BCUT2D eigenvalue weighted by atomic mass is 35.5. The van der Waals surface area contributed by atoms with Crippen LogP contribution in [-0.4, -0.2) is 47.1 Å². The van der Waals surface area contributed by atoms with Crippen LogP contribution in [0, 0.1) is 0 Å². The molecule has 0 radical (unpaired) electrons. The van der Waals surface area contributed by atoms with Crippen molar-refractivity contribution in [1.29, 1.82) is 0 Å². The van der Waals surface area contributed by atoms with Crippen molar-refractivity contribution in [1.82, 2.24) is 29.9 Å². The van der Waals surface area contributed by atoms with E-state index in [-0.39, 0.29) is 11.6 Å². The van der Waals surface area contributed by atoms with Crippen molar-refractivity contribution < 1.29 is 4.79 Å². The van der Waals surface area contributed by atoms with Crippen LogP contribution in [0.5, 0.6) is 0 Å². The van der Waals surface area contributed by atoms with Crippen molar-refractivity contribution in [3.05, 3.63) is 93.2 Å². The number of nitrogens with one attached hydrogen (secondary N) is 1. The van der Waals surface area contributed by atoms with E-state index in [1.165, 1.54) is 39.6 Å². The maximum absolute atomic E-state index is 13.4. The third kappa shape index (κ3) is 5.85. The fourth-order valence-corrected chi connectivity index (χ4v) is 4.80. The first kappa shape index (κ1) is 25.8. The Morgan fingerprint density at radius 1 is 1.13 bits per heavy atom. The molecule has 0 aliphatic carbocycles. The van der Waals surface area contributed by atoms with Crippen LogP contribution >= 0.6 is 35.0 Å². The van der Waals surface area contributed by atoms with Crippen LogP contribution in [-0.2, 0) is 11.2 Å². The minimum atomic E-state index is -0.880. The smallest absolute Gasteiger partial charge is 0.254 e. The van der Waals surface area contributed by atoms with Crippen LogP contribution < -0.4 is 10.9 Å². The van der Waals surface area contributed by atoms with Crippen LogP contribution in [0.1, 0.15) is 18.5 Å². The molecule has 5 rings (SSSR count). The summed E-state index contributed by atoms with van der Waals surface area (Å²) in [6.07, 6.45) is 3.17. The monoisotopic (exact) mass is 566 g/mol. The molecule has 1 amide bonds. The zero-order valence-corrected chi connectivity index (χ0v) is 22.3. The van der Waals surface area contributed by atoms with Crippen LogP contribution in [0.2, 0.25) is 10.2 Å². The number of amidine groups is 1. The fraction of sp³-hybridized carbons (Fsp3) is 0.160. The van der Waals surface area contributed by atoms with Gasteiger partial charge in [-0.05, 0) is 30.7 Å². The molecule has 13 heteroatoms. The first-order valence-electron chi connectivity index (χ1n) is 11.4. The lowest BCUT2D eigenvalue weighted by atomic mass is 10.0. The van der Waals surface area contributed by atoms with Crippen LogP contribution in [0.25, 0.3) is 16.9 Å². The highest BCUT2D eigenvalue weighted by Crippen LogP contribution is 2.28. The van der Waals surface area contributed by atoms with Crippen molar-refractivity contribution in [3.8, 4) is 16.9 Å². The summed E-state index contributed by atoms with van der Waals surface area (Å²) < 4.78 is 2.78. The summed E-state index contributed by atoms with van der Waals surface area (Å²) in [6, 6.07) is 15.0. The molecule has 0 fully saturated rings. The molecule has 192 valence electrons. The van der Waals surface area contributed by atoms with Gasteiger partial charge in [0.05, 0.1) is 23.9 Å². The van der Waals surface area contributed by atoms with Crippen LogP contribution in [0.3, 0.4) is 0 Å². The second kappa shape index (κ2) is 11.3. The molecular weight excluding hydrogens is 547 g/mol. The first-order chi connectivity index (χ1) is 18.4. The lowest BCUT2D eigenvalue weighted by Gasteiger charge is -2.20. The third-order valence-corrected chi connectivity index (χ3v) is 7.08. The van der Waals surface area contributed by atoms with Crippen molar-refractivity contribution in [2.24, 2.45) is 10.2 Å². The first-order valence-corrected chi connectivity index (χ1v) is 13.2. The number of halogens is 2. The summed E-state index contributed by atoms with van der Waals surface area (Å²) in [4.78, 5) is 31.3. The van der Waals surface area contributed by atoms with E-state index in [9.17, 15) is 9.59 Å². The molecule has 1 atom stereocenters. The number of benzene rings is 2. The molecule has 0 bridgehead atoms. The van der Waals surface area contributed by atoms with Crippen molar-refractivity contribution in [2.75, 3.05) is 5.75 Å². The molecule has 0 unspecified atom stereocenters. The van der Waals surface area contributed by atoms with E-state index < -0.39 is 17.5 Å². The van der Waals surface area contributed by atoms with Gasteiger partial charge in [-0.25, -0.2) is 9.67 Å². The Morgan fingerprint density at radius 2 is 1.95 bits per heavy atom. The van der Waals surface area contributed by atoms with Gasteiger partial charge in [0.2, 0.25) is 5.91 Å². The molecule has 1 aliphatic heterocycles. The number of aromatic nitrogens is 5. The molecule has 0 spiro atoms. The van der Waals surface area contributed by atoms with E-state index in [0.717, 1.165) is 11.3 Å². The molecule has 0 saturated carbocycles. The quantitative estimate of drug-likeness (QED) is 0.374. The number of thioether (sulfide) groups is 1. The normalized spacial score (nSPS) is 14.0. The summed E-state index contributed by atoms with van der Waals surface area (Å²) in [5.74, 6) is 0.227. The summed E-state index contributed by atoms with van der Waals surface area (Å²) in [5.41, 5.74) is 2.81. The summed E-state index contributed by atoms with van der Waals surface area (Å²) in [6.45, 7) is 1.86. The summed E-state index contributed by atoms with van der Waals surface area (Å²) >= 11 is 13.6. The molecule has 10 nitrogen and oxygen atoms in total. The minimum absolute atomic E-state index is 0.214. The van der Waals surface area contributed by atoms with Gasteiger partial charge < -0.3 is 5.32 Å². The van der Waals surface area contributed by atoms with Gasteiger partial charge in [-0.2, -0.15) is 5.10 Å². The Bertz CT molecular complexity index is 1620. The van der Waals surface area contributed by atoms with Gasteiger partial charge in [-0.15, -0.1) is 10.2 Å². The predicted molar refractivity (Wildman–Crippen MR) is 149 cm³/mol. The number of rotatable bonds is 6. The Labute approximate surface area is 231 Å². The number of nitrogens with zero attached hydrogens (tertiary/aromatic N) is 7. The van der Waals surface area contributed by atoms with Crippen molar-refractivity contribution >= 4 is 51.8 Å². The van der Waals surface area contributed by atoms with E-state index in [1.54, 1.807) is 18.2 Å². The average Bonchev–Trinajstić information content (AvgIpc) is 3.35. The second-order valence-electron chi connectivity index (χ2n) is 8.39. The van der Waals surface area contributed by atoms with E-state index in [0.29, 0.717) is 32.9 Å². The van der Waals surface area contributed by atoms with Gasteiger partial charge >= 0.3 is 0 Å². The van der Waals surface area contributed by atoms with E-state index in [1.807, 2.05) is 37.3 Å². The topological polar surface area (TPSA) is 119 Å². The zero-order valence-electron chi connectivity index (χ0n) is 20.0. The number of hydrogen-bond acceptors (Lipinski definition) is 8. The highest BCUT2D eigenvalue weighted by molar-refractivity contribution is 8.14. The molecule has 2 aromatic heterocycles. The standard InChI is InChI=1S/C25H20Cl2N8O2S/c1-15-13-38-25(32-30-15)29-24(37)21(9-16-5-3-2-4-6-16)34-14-28-19(11-23(34)36)18-10-17(26)7-8-20(18)35-12-22(27)31-33-35/h2-8,10-12,14,21H,9,13H2,1H3,(H,29,32,37)/t21-/m0/s1. The average molecular weight is 567 g/mol. The van der Waals surface area contributed by atoms with E-state index >= 15 is 0 Å². The largest absolute Gasteiger partial charge is 0.302 e. The maximum atomic E-state index is 13.4. The van der Waals surface area contributed by atoms with Gasteiger partial charge in [0.1, 0.15) is 6.04 Å². The third-order valence-electron chi connectivity index (χ3n) is 5.65. The van der Waals surface area contributed by atoms with Crippen molar-refractivity contribution in [3.63, 3.8) is 0 Å². The Balaban J connectivity index is 1.51. The SMILES string of the molecule is CC1=NN=C(NC(=O)[C@H](Cc2ccccc2)n2cnc(-c3cc(Cl)ccc3-n3cc(Cl)nn3)cc2=O)SC1. The molecule has 2 aromatic carbocycles. The van der Waals surface area contributed by atoms with E-state index in [4.69, 9.17) is 23.2 Å². The Morgan fingerprint density at radius 3 is 2.63 bits per heavy atom. The molecule has 0 saturated heterocycles. The van der Waals surface area contributed by atoms with Gasteiger partial charge in [-0.3, -0.25) is 14.2 Å². The molecule has 38 heavy (non-hydrogen) atoms. The van der Waals surface area contributed by atoms with Gasteiger partial charge in [0.25, 0.3) is 5.56 Å². The molecule has 4 aromatic rings. The summed E-state index contributed by atoms with van der Waals surface area (Å²) in [5, 5.41) is 19.8. The Hall–Kier alpha value is -3.80. The molecule has 1 aliphatic rings. The van der Waals surface area contributed by atoms with Gasteiger partial charge in [-0.1, -0.05) is 70.5 Å². The van der Waals surface area contributed by atoms with Gasteiger partial charge in [0.15, 0.2) is 10.3 Å². The van der Waals surface area contributed by atoms with Crippen LogP contribution in [0.4, 0.5) is 0 Å². The number of carbonyl (C=O) groups excluding carboxylic acids is 1. The van der Waals surface area contributed by atoms with Crippen molar-refractivity contribution in [2.45, 2.75) is 19.4 Å². The maximum Gasteiger partial charge on any atom is 0.254 e. The molecule has 1 N–H and O–H groups in total. The molecule has 3 heterocycles. The minimum Gasteiger partial charge on any atom is -0.302 e. The van der Waals surface area contributed by atoms with Crippen LogP contribution in [0.15, 0.2) is 82.1 Å². The highest BCUT2D eigenvalue weighted by Gasteiger charge is 2.25. The van der Waals surface area contributed by atoms with E-state index in [2.05, 4.69) is 30.8 Å². The lowest BCUT2D eigenvalue weighted by Crippen LogP contribution is -2.40. The fourth-order valence-electron chi connectivity index (χ4n) is 3.83. The zero-order chi connectivity index (χ0) is 26.6. The number of amides is 1. The number of hydrogen-bond donors (Lipinski definition) is 1. The van der Waals surface area contributed by atoms with Gasteiger partial charge in [0, 0.05) is 34.5 Å². The number of carbonyl (C=O) groups is 1. The second-order valence-corrected chi connectivity index (χ2v) is 10.2. The Kier molecular flexibility index (Phi) is 7.68. The predicted octanol–water partition coefficient (Wildman–Crippen LogP) is 4.18. The summed E-state index contributed by atoms with van der Waals surface area (Å²) in [7, 11) is 0.